The molecule has 0 atom stereocenters. The Kier molecular flexibility index (Phi) is 7.08. The molecule has 140 valence electrons. The van der Waals surface area contributed by atoms with E-state index in [1.54, 1.807) is 36.4 Å². The number of thiocarbonyl (C=S) groups is 1. The number of amides is 1. The van der Waals surface area contributed by atoms with Gasteiger partial charge in [-0.05, 0) is 55.0 Å². The largest absolute Gasteiger partial charge is 0.489 e. The van der Waals surface area contributed by atoms with E-state index in [1.807, 2.05) is 13.0 Å². The first-order chi connectivity index (χ1) is 12.9. The van der Waals surface area contributed by atoms with E-state index in [0.717, 1.165) is 5.57 Å². The third kappa shape index (κ3) is 6.23. The molecule has 0 aliphatic rings. The summed E-state index contributed by atoms with van der Waals surface area (Å²) in [6, 6.07) is 13.4. The van der Waals surface area contributed by atoms with Crippen LogP contribution in [0.2, 0.25) is 0 Å². The van der Waals surface area contributed by atoms with Gasteiger partial charge < -0.3 is 14.8 Å². The second-order valence-electron chi connectivity index (χ2n) is 5.75. The predicted octanol–water partition coefficient (Wildman–Crippen LogP) is 3.55. The zero-order valence-corrected chi connectivity index (χ0v) is 15.9. The van der Waals surface area contributed by atoms with Gasteiger partial charge in [0.05, 0.1) is 12.7 Å². The van der Waals surface area contributed by atoms with Gasteiger partial charge in [-0.2, -0.15) is 0 Å². The molecule has 0 aromatic heterocycles. The number of methoxy groups -OCH3 is 1. The Morgan fingerprint density at radius 2 is 1.81 bits per heavy atom. The Bertz CT molecular complexity index is 880. The van der Waals surface area contributed by atoms with Gasteiger partial charge in [-0.3, -0.25) is 10.1 Å². The van der Waals surface area contributed by atoms with E-state index in [0.29, 0.717) is 23.6 Å². The minimum atomic E-state index is -0.517. The van der Waals surface area contributed by atoms with Crippen molar-refractivity contribution in [1.29, 1.82) is 0 Å². The van der Waals surface area contributed by atoms with Gasteiger partial charge in [0.2, 0.25) is 0 Å². The number of ether oxygens (including phenoxy) is 2. The number of anilines is 1. The lowest BCUT2D eigenvalue weighted by Gasteiger charge is -2.12. The quantitative estimate of drug-likeness (QED) is 0.451. The lowest BCUT2D eigenvalue weighted by molar-refractivity contribution is 0.0600. The van der Waals surface area contributed by atoms with Crippen molar-refractivity contribution in [2.24, 2.45) is 0 Å². The number of hydrogen-bond donors (Lipinski definition) is 2. The summed E-state index contributed by atoms with van der Waals surface area (Å²) in [5.74, 6) is -0.298. The van der Waals surface area contributed by atoms with Crippen molar-refractivity contribution in [2.45, 2.75) is 6.92 Å². The molecule has 0 bridgehead atoms. The molecule has 0 aliphatic carbocycles. The average Bonchev–Trinajstić information content (AvgIpc) is 2.66. The molecule has 0 saturated heterocycles. The SMILES string of the molecule is C=C(C)COc1cccc(NC(=S)NC(=O)c2cccc(C(=O)OC)c2)c1. The molecule has 0 radical (unpaired) electrons. The van der Waals surface area contributed by atoms with Crippen LogP contribution in [0.5, 0.6) is 5.75 Å². The molecular weight excluding hydrogens is 364 g/mol. The number of carbonyl (C=O) groups excluding carboxylic acids is 2. The number of benzene rings is 2. The molecule has 2 aromatic carbocycles. The van der Waals surface area contributed by atoms with Gasteiger partial charge in [-0.15, -0.1) is 0 Å². The summed E-state index contributed by atoms with van der Waals surface area (Å²) >= 11 is 5.18. The van der Waals surface area contributed by atoms with E-state index < -0.39 is 11.9 Å². The van der Waals surface area contributed by atoms with E-state index in [4.69, 9.17) is 17.0 Å². The van der Waals surface area contributed by atoms with Crippen molar-refractivity contribution in [3.63, 3.8) is 0 Å². The van der Waals surface area contributed by atoms with E-state index >= 15 is 0 Å². The van der Waals surface area contributed by atoms with Gasteiger partial charge in [-0.25, -0.2) is 4.79 Å². The highest BCUT2D eigenvalue weighted by atomic mass is 32.1. The molecule has 1 amide bonds. The maximum Gasteiger partial charge on any atom is 0.337 e. The molecular formula is C20H20N2O4S. The Labute approximate surface area is 163 Å². The van der Waals surface area contributed by atoms with Crippen LogP contribution in [0.15, 0.2) is 60.7 Å². The third-order valence-electron chi connectivity index (χ3n) is 3.35. The van der Waals surface area contributed by atoms with Gasteiger partial charge in [-0.1, -0.05) is 18.7 Å². The molecule has 0 saturated carbocycles. The highest BCUT2D eigenvalue weighted by molar-refractivity contribution is 7.80. The Hall–Kier alpha value is -3.19. The number of nitrogens with one attached hydrogen (secondary N) is 2. The van der Waals surface area contributed by atoms with Crippen LogP contribution in [-0.4, -0.2) is 30.7 Å². The minimum Gasteiger partial charge on any atom is -0.489 e. The molecule has 6 nitrogen and oxygen atoms in total. The second kappa shape index (κ2) is 9.49. The highest BCUT2D eigenvalue weighted by Gasteiger charge is 2.12. The molecule has 0 aliphatic heterocycles. The van der Waals surface area contributed by atoms with Crippen LogP contribution in [0, 0.1) is 0 Å². The summed E-state index contributed by atoms with van der Waals surface area (Å²) in [5, 5.41) is 5.62. The van der Waals surface area contributed by atoms with E-state index in [1.165, 1.54) is 13.2 Å². The molecule has 0 fully saturated rings. The Morgan fingerprint density at radius 1 is 1.11 bits per heavy atom. The summed E-state index contributed by atoms with van der Waals surface area (Å²) in [7, 11) is 1.28. The van der Waals surface area contributed by atoms with Gasteiger partial charge in [0.15, 0.2) is 5.11 Å². The van der Waals surface area contributed by atoms with E-state index in [9.17, 15) is 9.59 Å². The topological polar surface area (TPSA) is 76.7 Å². The Morgan fingerprint density at radius 3 is 2.52 bits per heavy atom. The smallest absolute Gasteiger partial charge is 0.337 e. The van der Waals surface area contributed by atoms with Crippen molar-refractivity contribution < 1.29 is 19.1 Å². The monoisotopic (exact) mass is 384 g/mol. The van der Waals surface area contributed by atoms with Crippen molar-refractivity contribution >= 4 is 34.9 Å². The average molecular weight is 384 g/mol. The normalized spacial score (nSPS) is 9.85. The second-order valence-corrected chi connectivity index (χ2v) is 6.16. The number of carbonyl (C=O) groups is 2. The highest BCUT2D eigenvalue weighted by Crippen LogP contribution is 2.18. The zero-order chi connectivity index (χ0) is 19.8. The van der Waals surface area contributed by atoms with Gasteiger partial charge in [0.1, 0.15) is 12.4 Å². The van der Waals surface area contributed by atoms with Crippen molar-refractivity contribution in [3.05, 3.63) is 71.8 Å². The zero-order valence-electron chi connectivity index (χ0n) is 15.1. The van der Waals surface area contributed by atoms with Gasteiger partial charge >= 0.3 is 5.97 Å². The molecule has 2 aromatic rings. The Balaban J connectivity index is 1.99. The maximum atomic E-state index is 12.3. The number of rotatable bonds is 6. The summed E-state index contributed by atoms with van der Waals surface area (Å²) in [5.41, 5.74) is 2.15. The number of esters is 1. The third-order valence-corrected chi connectivity index (χ3v) is 3.55. The van der Waals surface area contributed by atoms with Gasteiger partial charge in [0.25, 0.3) is 5.91 Å². The maximum absolute atomic E-state index is 12.3. The first kappa shape index (κ1) is 20.1. The fraction of sp³-hybridized carbons (Fsp3) is 0.150. The van der Waals surface area contributed by atoms with Crippen molar-refractivity contribution in [1.82, 2.24) is 5.32 Å². The fourth-order valence-electron chi connectivity index (χ4n) is 2.11. The molecule has 0 unspecified atom stereocenters. The van der Waals surface area contributed by atoms with Crippen LogP contribution in [0.3, 0.4) is 0 Å². The van der Waals surface area contributed by atoms with Crippen LogP contribution >= 0.6 is 12.2 Å². The molecule has 0 heterocycles. The minimum absolute atomic E-state index is 0.125. The summed E-state index contributed by atoms with van der Waals surface area (Å²) in [6.45, 7) is 6.08. The standard InChI is InChI=1S/C20H20N2O4S/c1-13(2)12-26-17-9-5-8-16(11-17)21-20(27)22-18(23)14-6-4-7-15(10-14)19(24)25-3/h4-11H,1,12H2,2-3H3,(H2,21,22,23,27). The molecule has 27 heavy (non-hydrogen) atoms. The van der Waals surface area contributed by atoms with Crippen molar-refractivity contribution in [2.75, 3.05) is 19.0 Å². The molecule has 0 spiro atoms. The number of hydrogen-bond acceptors (Lipinski definition) is 5. The molecule has 2 N–H and O–H groups in total. The van der Waals surface area contributed by atoms with Crippen LogP contribution < -0.4 is 15.4 Å². The summed E-state index contributed by atoms with van der Waals surface area (Å²) < 4.78 is 10.2. The predicted molar refractivity (Wildman–Crippen MR) is 108 cm³/mol. The van der Waals surface area contributed by atoms with Crippen LogP contribution in [0.25, 0.3) is 0 Å². The van der Waals surface area contributed by atoms with Crippen LogP contribution in [0.1, 0.15) is 27.6 Å². The first-order valence-electron chi connectivity index (χ1n) is 8.07. The van der Waals surface area contributed by atoms with Crippen molar-refractivity contribution in [3.8, 4) is 5.75 Å². The molecule has 7 heteroatoms. The van der Waals surface area contributed by atoms with Crippen LogP contribution in [0.4, 0.5) is 5.69 Å². The lowest BCUT2D eigenvalue weighted by Crippen LogP contribution is -2.34. The lowest BCUT2D eigenvalue weighted by atomic mass is 10.1. The van der Waals surface area contributed by atoms with Crippen LogP contribution in [-0.2, 0) is 4.74 Å². The molecule has 2 rings (SSSR count). The van der Waals surface area contributed by atoms with Gasteiger partial charge in [0, 0.05) is 17.3 Å². The summed E-state index contributed by atoms with van der Waals surface area (Å²) in [4.78, 5) is 23.9. The van der Waals surface area contributed by atoms with E-state index in [-0.39, 0.29) is 10.7 Å². The first-order valence-corrected chi connectivity index (χ1v) is 8.48. The summed E-state index contributed by atoms with van der Waals surface area (Å²) in [6.07, 6.45) is 0. The van der Waals surface area contributed by atoms with E-state index in [2.05, 4.69) is 21.9 Å². The fourth-order valence-corrected chi connectivity index (χ4v) is 2.32.